The Labute approximate surface area is 130 Å². The second kappa shape index (κ2) is 9.15. The van der Waals surface area contributed by atoms with Gasteiger partial charge in [0.15, 0.2) is 5.78 Å². The summed E-state index contributed by atoms with van der Waals surface area (Å²) in [4.78, 5) is 23.8. The van der Waals surface area contributed by atoms with Crippen LogP contribution in [0, 0.1) is 0 Å². The van der Waals surface area contributed by atoms with Crippen LogP contribution in [0.4, 0.5) is 0 Å². The van der Waals surface area contributed by atoms with Gasteiger partial charge in [-0.05, 0) is 18.6 Å². The molecule has 0 bridgehead atoms. The standard InChI is InChI=1S/C16H20Cl2O2/c1-2-3-4-5-6-8-12(19)11-15(20)13-9-7-10-14(17)16(13)18/h7,9-10H,2-6,8,11H2,1H3. The molecule has 0 saturated heterocycles. The molecule has 0 N–H and O–H groups in total. The zero-order valence-corrected chi connectivity index (χ0v) is 13.3. The second-order valence-electron chi connectivity index (χ2n) is 4.90. The van der Waals surface area contributed by atoms with Crippen molar-refractivity contribution in [1.82, 2.24) is 0 Å². The van der Waals surface area contributed by atoms with Crippen LogP contribution >= 0.6 is 23.2 Å². The summed E-state index contributed by atoms with van der Waals surface area (Å²) in [5, 5.41) is 0.569. The first-order valence-electron chi connectivity index (χ1n) is 7.05. The molecule has 0 fully saturated rings. The summed E-state index contributed by atoms with van der Waals surface area (Å²) < 4.78 is 0. The van der Waals surface area contributed by atoms with E-state index in [9.17, 15) is 9.59 Å². The molecule has 0 aliphatic heterocycles. The summed E-state index contributed by atoms with van der Waals surface area (Å²) in [5.74, 6) is -0.279. The van der Waals surface area contributed by atoms with Crippen molar-refractivity contribution in [2.45, 2.75) is 51.9 Å². The number of benzene rings is 1. The lowest BCUT2D eigenvalue weighted by Gasteiger charge is -2.05. The molecule has 0 spiro atoms. The van der Waals surface area contributed by atoms with E-state index in [1.165, 1.54) is 12.8 Å². The van der Waals surface area contributed by atoms with E-state index >= 15 is 0 Å². The Morgan fingerprint density at radius 1 is 1.05 bits per heavy atom. The number of carbonyl (C=O) groups excluding carboxylic acids is 2. The fourth-order valence-electron chi connectivity index (χ4n) is 2.01. The molecule has 0 radical (unpaired) electrons. The van der Waals surface area contributed by atoms with Gasteiger partial charge in [0.1, 0.15) is 5.78 Å². The predicted octanol–water partition coefficient (Wildman–Crippen LogP) is 5.50. The number of Topliss-reactive ketones (excluding diaryl/α,β-unsaturated/α-hetero) is 2. The third-order valence-electron chi connectivity index (χ3n) is 3.17. The smallest absolute Gasteiger partial charge is 0.171 e. The van der Waals surface area contributed by atoms with Crippen molar-refractivity contribution in [3.8, 4) is 0 Å². The Kier molecular flexibility index (Phi) is 7.86. The van der Waals surface area contributed by atoms with Gasteiger partial charge in [0.2, 0.25) is 0 Å². The van der Waals surface area contributed by atoms with Crippen LogP contribution in [0.25, 0.3) is 0 Å². The van der Waals surface area contributed by atoms with Gasteiger partial charge in [-0.1, -0.05) is 61.9 Å². The molecule has 0 unspecified atom stereocenters. The molecule has 0 aliphatic carbocycles. The minimum atomic E-state index is -0.254. The summed E-state index contributed by atoms with van der Waals surface area (Å²) >= 11 is 11.8. The highest BCUT2D eigenvalue weighted by Gasteiger charge is 2.15. The van der Waals surface area contributed by atoms with Gasteiger partial charge in [-0.3, -0.25) is 9.59 Å². The van der Waals surface area contributed by atoms with Crippen LogP contribution < -0.4 is 0 Å². The Bertz CT molecular complexity index is 470. The van der Waals surface area contributed by atoms with Crippen molar-refractivity contribution >= 4 is 34.8 Å². The van der Waals surface area contributed by atoms with Crippen LogP contribution in [0.5, 0.6) is 0 Å². The van der Waals surface area contributed by atoms with Crippen LogP contribution in [0.2, 0.25) is 10.0 Å². The van der Waals surface area contributed by atoms with E-state index in [0.29, 0.717) is 17.0 Å². The van der Waals surface area contributed by atoms with Gasteiger partial charge < -0.3 is 0 Å². The topological polar surface area (TPSA) is 34.1 Å². The minimum Gasteiger partial charge on any atom is -0.299 e. The van der Waals surface area contributed by atoms with E-state index in [0.717, 1.165) is 19.3 Å². The predicted molar refractivity (Wildman–Crippen MR) is 83.8 cm³/mol. The van der Waals surface area contributed by atoms with E-state index in [2.05, 4.69) is 6.92 Å². The lowest BCUT2D eigenvalue weighted by Crippen LogP contribution is -2.08. The van der Waals surface area contributed by atoms with Crippen LogP contribution in [-0.4, -0.2) is 11.6 Å². The zero-order valence-electron chi connectivity index (χ0n) is 11.8. The van der Waals surface area contributed by atoms with Gasteiger partial charge in [0.05, 0.1) is 16.5 Å². The van der Waals surface area contributed by atoms with E-state index in [1.807, 2.05) is 0 Å². The van der Waals surface area contributed by atoms with Crippen molar-refractivity contribution in [3.05, 3.63) is 33.8 Å². The van der Waals surface area contributed by atoms with E-state index in [1.54, 1.807) is 18.2 Å². The highest BCUT2D eigenvalue weighted by Crippen LogP contribution is 2.26. The molecule has 0 amide bonds. The minimum absolute atomic E-state index is 0.0254. The highest BCUT2D eigenvalue weighted by molar-refractivity contribution is 6.44. The molecule has 1 aromatic carbocycles. The molecular formula is C16H20Cl2O2. The van der Waals surface area contributed by atoms with Gasteiger partial charge in [-0.15, -0.1) is 0 Å². The molecule has 0 aliphatic rings. The average molecular weight is 315 g/mol. The number of ketones is 2. The number of hydrogen-bond donors (Lipinski definition) is 0. The van der Waals surface area contributed by atoms with Gasteiger partial charge in [0, 0.05) is 12.0 Å². The third-order valence-corrected chi connectivity index (χ3v) is 3.99. The number of hydrogen-bond acceptors (Lipinski definition) is 2. The Morgan fingerprint density at radius 2 is 1.75 bits per heavy atom. The molecule has 0 aromatic heterocycles. The molecule has 4 heteroatoms. The Balaban J connectivity index is 2.42. The SMILES string of the molecule is CCCCCCCC(=O)CC(=O)c1cccc(Cl)c1Cl. The first-order chi connectivity index (χ1) is 9.56. The molecule has 0 atom stereocenters. The van der Waals surface area contributed by atoms with Crippen molar-refractivity contribution in [2.75, 3.05) is 0 Å². The second-order valence-corrected chi connectivity index (χ2v) is 5.69. The fourth-order valence-corrected chi connectivity index (χ4v) is 2.41. The maximum Gasteiger partial charge on any atom is 0.171 e. The monoisotopic (exact) mass is 314 g/mol. The lowest BCUT2D eigenvalue weighted by atomic mass is 10.0. The van der Waals surface area contributed by atoms with Crippen molar-refractivity contribution < 1.29 is 9.59 Å². The maximum absolute atomic E-state index is 12.0. The molecule has 0 saturated carbocycles. The van der Waals surface area contributed by atoms with Gasteiger partial charge in [-0.2, -0.15) is 0 Å². The molecule has 20 heavy (non-hydrogen) atoms. The van der Waals surface area contributed by atoms with Crippen LogP contribution in [0.3, 0.4) is 0 Å². The van der Waals surface area contributed by atoms with Crippen LogP contribution in [0.15, 0.2) is 18.2 Å². The largest absolute Gasteiger partial charge is 0.299 e. The summed E-state index contributed by atoms with van der Waals surface area (Å²) in [6, 6.07) is 4.89. The van der Waals surface area contributed by atoms with Crippen LogP contribution in [-0.2, 0) is 4.79 Å². The maximum atomic E-state index is 12.0. The van der Waals surface area contributed by atoms with Crippen molar-refractivity contribution in [2.24, 2.45) is 0 Å². The fraction of sp³-hybridized carbons (Fsp3) is 0.500. The first kappa shape index (κ1) is 17.2. The zero-order chi connectivity index (χ0) is 15.0. The summed E-state index contributed by atoms with van der Waals surface area (Å²) in [6.45, 7) is 2.15. The van der Waals surface area contributed by atoms with E-state index < -0.39 is 0 Å². The molecular weight excluding hydrogens is 295 g/mol. The van der Waals surface area contributed by atoms with E-state index in [4.69, 9.17) is 23.2 Å². The Hall–Kier alpha value is -0.860. The van der Waals surface area contributed by atoms with Crippen molar-refractivity contribution in [1.29, 1.82) is 0 Å². The highest BCUT2D eigenvalue weighted by atomic mass is 35.5. The van der Waals surface area contributed by atoms with Gasteiger partial charge >= 0.3 is 0 Å². The lowest BCUT2D eigenvalue weighted by molar-refractivity contribution is -0.118. The molecule has 2 nitrogen and oxygen atoms in total. The average Bonchev–Trinajstić information content (AvgIpc) is 2.41. The van der Waals surface area contributed by atoms with E-state index in [-0.39, 0.29) is 23.0 Å². The van der Waals surface area contributed by atoms with Gasteiger partial charge in [0.25, 0.3) is 0 Å². The molecule has 0 heterocycles. The Morgan fingerprint density at radius 3 is 2.45 bits per heavy atom. The number of halogens is 2. The van der Waals surface area contributed by atoms with Gasteiger partial charge in [-0.25, -0.2) is 0 Å². The molecule has 1 rings (SSSR count). The first-order valence-corrected chi connectivity index (χ1v) is 7.80. The number of carbonyl (C=O) groups is 2. The summed E-state index contributed by atoms with van der Waals surface area (Å²) in [7, 11) is 0. The number of rotatable bonds is 9. The summed E-state index contributed by atoms with van der Waals surface area (Å²) in [5.41, 5.74) is 0.332. The normalized spacial score (nSPS) is 10.6. The quantitative estimate of drug-likeness (QED) is 0.343. The summed E-state index contributed by atoms with van der Waals surface area (Å²) in [6.07, 6.45) is 5.81. The van der Waals surface area contributed by atoms with Crippen molar-refractivity contribution in [3.63, 3.8) is 0 Å². The molecule has 1 aromatic rings. The molecule has 110 valence electrons. The van der Waals surface area contributed by atoms with Crippen LogP contribution in [0.1, 0.15) is 62.2 Å². The number of unbranched alkanes of at least 4 members (excludes halogenated alkanes) is 4. The third kappa shape index (κ3) is 5.64.